The van der Waals surface area contributed by atoms with E-state index >= 15 is 0 Å². The second-order valence-electron chi connectivity index (χ2n) is 9.69. The summed E-state index contributed by atoms with van der Waals surface area (Å²) in [5.41, 5.74) is -2.17. The molecular weight excluding hydrogens is 422 g/mol. The molecule has 1 aliphatic rings. The summed E-state index contributed by atoms with van der Waals surface area (Å²) in [7, 11) is 0. The lowest BCUT2D eigenvalue weighted by molar-refractivity contribution is -0.213. The fourth-order valence-electron chi connectivity index (χ4n) is 4.02. The maximum absolute atomic E-state index is 13.6. The minimum atomic E-state index is -1.84. The number of thiol groups is 1. The summed E-state index contributed by atoms with van der Waals surface area (Å²) < 4.78 is 6.91. The molecule has 0 spiro atoms. The maximum atomic E-state index is 13.6. The molecule has 0 aromatic carbocycles. The van der Waals surface area contributed by atoms with Crippen molar-refractivity contribution in [3.8, 4) is 0 Å². The third kappa shape index (κ3) is 4.58. The van der Waals surface area contributed by atoms with Gasteiger partial charge in [-0.15, -0.1) is 12.6 Å². The number of nitrogens with zero attached hydrogens (tertiary/aromatic N) is 3. The Morgan fingerprint density at radius 2 is 1.81 bits per heavy atom. The first kappa shape index (κ1) is 24.8. The van der Waals surface area contributed by atoms with Crippen molar-refractivity contribution in [2.75, 3.05) is 0 Å². The van der Waals surface area contributed by atoms with Gasteiger partial charge in [-0.3, -0.25) is 14.5 Å². The number of amides is 2. The highest BCUT2D eigenvalue weighted by atomic mass is 32.1. The first-order valence-electron chi connectivity index (χ1n) is 10.0. The number of esters is 1. The molecule has 31 heavy (non-hydrogen) atoms. The first-order chi connectivity index (χ1) is 14.1. The summed E-state index contributed by atoms with van der Waals surface area (Å²) in [5.74, 6) is -3.13. The third-order valence-electron chi connectivity index (χ3n) is 5.17. The molecule has 0 saturated carbocycles. The lowest BCUT2D eigenvalue weighted by atomic mass is 9.85. The summed E-state index contributed by atoms with van der Waals surface area (Å²) in [4.78, 5) is 53.9. The monoisotopic (exact) mass is 453 g/mol. The van der Waals surface area contributed by atoms with Gasteiger partial charge in [0.2, 0.25) is 5.91 Å². The summed E-state index contributed by atoms with van der Waals surface area (Å²) in [5, 5.41) is 10.0. The largest absolute Gasteiger partial charge is 0.465 e. The van der Waals surface area contributed by atoms with Gasteiger partial charge in [0.1, 0.15) is 12.6 Å². The number of pyridine rings is 1. The number of carbonyl (C=O) groups is 3. The van der Waals surface area contributed by atoms with Gasteiger partial charge in [0.25, 0.3) is 11.4 Å². The number of aromatic nitrogens is 1. The first-order valence-corrected chi connectivity index (χ1v) is 10.5. The van der Waals surface area contributed by atoms with Gasteiger partial charge in [-0.1, -0.05) is 27.7 Å². The SMILES string of the molecule is CC[C@]1(N(C(=O)O)C(C)(C)C)OC(=O)[C@H](C(C)(C)C)N1C(=O)Cn1ccc(S)cc1=O. The van der Waals surface area contributed by atoms with Gasteiger partial charge in [-0.2, -0.15) is 0 Å². The van der Waals surface area contributed by atoms with Crippen molar-refractivity contribution < 1.29 is 24.2 Å². The molecule has 1 N–H and O–H groups in total. The molecule has 1 aliphatic heterocycles. The van der Waals surface area contributed by atoms with Gasteiger partial charge in [0.15, 0.2) is 0 Å². The van der Waals surface area contributed by atoms with Crippen LogP contribution < -0.4 is 5.56 Å². The third-order valence-corrected chi connectivity index (χ3v) is 5.45. The van der Waals surface area contributed by atoms with Crippen molar-refractivity contribution >= 4 is 30.6 Å². The van der Waals surface area contributed by atoms with Crippen molar-refractivity contribution in [1.29, 1.82) is 0 Å². The van der Waals surface area contributed by atoms with E-state index in [9.17, 15) is 24.3 Å². The molecule has 1 aromatic rings. The van der Waals surface area contributed by atoms with Gasteiger partial charge in [-0.05, 0) is 32.3 Å². The maximum Gasteiger partial charge on any atom is 0.412 e. The highest BCUT2D eigenvalue weighted by Gasteiger charge is 2.64. The number of ether oxygens (including phenoxy) is 1. The molecule has 0 aliphatic carbocycles. The van der Waals surface area contributed by atoms with Crippen molar-refractivity contribution in [1.82, 2.24) is 14.4 Å². The Morgan fingerprint density at radius 1 is 1.23 bits per heavy atom. The molecule has 172 valence electrons. The number of hydrogen-bond acceptors (Lipinski definition) is 6. The van der Waals surface area contributed by atoms with Crippen LogP contribution in [0.2, 0.25) is 0 Å². The molecule has 0 bridgehead atoms. The fraction of sp³-hybridized carbons (Fsp3) is 0.619. The predicted octanol–water partition coefficient (Wildman–Crippen LogP) is 2.78. The molecule has 1 aromatic heterocycles. The zero-order chi connectivity index (χ0) is 23.9. The number of hydrogen-bond donors (Lipinski definition) is 2. The Morgan fingerprint density at radius 3 is 2.23 bits per heavy atom. The highest BCUT2D eigenvalue weighted by molar-refractivity contribution is 7.80. The average molecular weight is 454 g/mol. The second kappa shape index (κ2) is 8.22. The second-order valence-corrected chi connectivity index (χ2v) is 10.2. The Kier molecular flexibility index (Phi) is 6.57. The molecule has 10 heteroatoms. The van der Waals surface area contributed by atoms with E-state index in [-0.39, 0.29) is 13.0 Å². The topological polar surface area (TPSA) is 109 Å². The summed E-state index contributed by atoms with van der Waals surface area (Å²) in [6.07, 6.45) is 0.122. The Labute approximate surface area is 187 Å². The van der Waals surface area contributed by atoms with Crippen LogP contribution >= 0.6 is 12.6 Å². The van der Waals surface area contributed by atoms with Crippen molar-refractivity contribution in [2.45, 2.75) is 83.8 Å². The Balaban J connectivity index is 2.69. The summed E-state index contributed by atoms with van der Waals surface area (Å²) in [6.45, 7) is 11.6. The quantitative estimate of drug-likeness (QED) is 0.536. The molecule has 2 rings (SSSR count). The molecule has 2 atom stereocenters. The van der Waals surface area contributed by atoms with Crippen LogP contribution in [0.25, 0.3) is 0 Å². The minimum absolute atomic E-state index is 0.0190. The van der Waals surface area contributed by atoms with E-state index in [1.165, 1.54) is 21.7 Å². The van der Waals surface area contributed by atoms with Crippen molar-refractivity contribution in [2.24, 2.45) is 5.41 Å². The molecule has 1 fully saturated rings. The lowest BCUT2D eigenvalue weighted by Crippen LogP contribution is -2.69. The predicted molar refractivity (Wildman–Crippen MR) is 117 cm³/mol. The van der Waals surface area contributed by atoms with Crippen LogP contribution in [-0.4, -0.2) is 54.9 Å². The molecule has 9 nitrogen and oxygen atoms in total. The fourth-order valence-corrected chi connectivity index (χ4v) is 4.19. The Bertz CT molecular complexity index is 946. The number of carboxylic acid groups (broad SMARTS) is 1. The minimum Gasteiger partial charge on any atom is -0.465 e. The smallest absolute Gasteiger partial charge is 0.412 e. The van der Waals surface area contributed by atoms with Gasteiger partial charge in [0.05, 0.1) is 0 Å². The summed E-state index contributed by atoms with van der Waals surface area (Å²) >= 11 is 4.12. The van der Waals surface area contributed by atoms with Crippen molar-refractivity contribution in [3.05, 3.63) is 28.7 Å². The van der Waals surface area contributed by atoms with Crippen LogP contribution in [0.15, 0.2) is 28.0 Å². The van der Waals surface area contributed by atoms with Crippen LogP contribution in [0.5, 0.6) is 0 Å². The summed E-state index contributed by atoms with van der Waals surface area (Å²) in [6, 6.07) is 1.80. The molecule has 0 radical (unpaired) electrons. The van der Waals surface area contributed by atoms with E-state index in [1.807, 2.05) is 0 Å². The molecule has 2 amide bonds. The van der Waals surface area contributed by atoms with E-state index in [1.54, 1.807) is 54.5 Å². The van der Waals surface area contributed by atoms with Crippen LogP contribution in [0.4, 0.5) is 4.79 Å². The number of rotatable bonds is 4. The number of carbonyl (C=O) groups excluding carboxylic acids is 2. The van der Waals surface area contributed by atoms with E-state index in [4.69, 9.17) is 4.74 Å². The van der Waals surface area contributed by atoms with Crippen LogP contribution in [0.1, 0.15) is 54.9 Å². The highest BCUT2D eigenvalue weighted by Crippen LogP contribution is 2.44. The van der Waals surface area contributed by atoms with Crippen LogP contribution in [0.3, 0.4) is 0 Å². The molecule has 1 saturated heterocycles. The van der Waals surface area contributed by atoms with E-state index in [2.05, 4.69) is 12.6 Å². The van der Waals surface area contributed by atoms with Crippen LogP contribution in [0, 0.1) is 5.41 Å². The van der Waals surface area contributed by atoms with Gasteiger partial charge in [0, 0.05) is 29.1 Å². The van der Waals surface area contributed by atoms with Gasteiger partial charge < -0.3 is 14.4 Å². The van der Waals surface area contributed by atoms with E-state index in [0.717, 1.165) is 4.90 Å². The zero-order valence-electron chi connectivity index (χ0n) is 19.0. The Hall–Kier alpha value is -2.49. The normalized spacial score (nSPS) is 21.7. The average Bonchev–Trinajstić information content (AvgIpc) is 2.88. The molecular formula is C21H31N3O6S. The zero-order valence-corrected chi connectivity index (χ0v) is 19.9. The van der Waals surface area contributed by atoms with Gasteiger partial charge >= 0.3 is 12.1 Å². The van der Waals surface area contributed by atoms with E-state index in [0.29, 0.717) is 4.90 Å². The van der Waals surface area contributed by atoms with Crippen LogP contribution in [-0.2, 0) is 20.9 Å². The number of cyclic esters (lactones) is 1. The van der Waals surface area contributed by atoms with Crippen molar-refractivity contribution in [3.63, 3.8) is 0 Å². The molecule has 0 unspecified atom stereocenters. The van der Waals surface area contributed by atoms with Gasteiger partial charge in [-0.25, -0.2) is 14.5 Å². The molecule has 2 heterocycles. The van der Waals surface area contributed by atoms with E-state index < -0.39 is 46.4 Å². The lowest BCUT2D eigenvalue weighted by Gasteiger charge is -2.49. The standard InChI is InChI=1S/C21H31N3O6S/c1-8-21(24(18(28)29)20(5,6)7)23(16(17(27)30-21)19(2,3)4)15(26)12-22-10-9-13(31)11-14(22)25/h9-11,16,31H,8,12H2,1-7H3,(H,28,29)/t16-,21+/m1/s1.